The van der Waals surface area contributed by atoms with Gasteiger partial charge in [0.15, 0.2) is 11.5 Å². The molecule has 4 rings (SSSR count). The number of aliphatic carboxylic acids is 1. The van der Waals surface area contributed by atoms with Crippen molar-refractivity contribution in [2.45, 2.75) is 38.4 Å². The van der Waals surface area contributed by atoms with Gasteiger partial charge in [0.25, 0.3) is 5.91 Å². The lowest BCUT2D eigenvalue weighted by atomic mass is 9.88. The van der Waals surface area contributed by atoms with Gasteiger partial charge in [0.05, 0.1) is 0 Å². The molecule has 6 nitrogen and oxygen atoms in total. The quantitative estimate of drug-likeness (QED) is 0.476. The highest BCUT2D eigenvalue weighted by Crippen LogP contribution is 2.29. The molecule has 1 aliphatic heterocycles. The zero-order chi connectivity index (χ0) is 27.0. The lowest BCUT2D eigenvalue weighted by Gasteiger charge is -2.31. The number of furan rings is 1. The summed E-state index contributed by atoms with van der Waals surface area (Å²) in [6.45, 7) is 4.04. The molecule has 194 valence electrons. The van der Waals surface area contributed by atoms with E-state index in [1.807, 2.05) is 36.1 Å². The normalized spacial score (nSPS) is 13.7. The second-order valence-corrected chi connectivity index (χ2v) is 8.60. The van der Waals surface area contributed by atoms with Gasteiger partial charge >= 0.3 is 12.1 Å². The molecule has 9 heteroatoms. The molecule has 0 atom stereocenters. The number of halogens is 3. The van der Waals surface area contributed by atoms with Gasteiger partial charge in [0.2, 0.25) is 0 Å². The van der Waals surface area contributed by atoms with Gasteiger partial charge in [-0.1, -0.05) is 47.9 Å². The summed E-state index contributed by atoms with van der Waals surface area (Å²) in [6.07, 6.45) is -3.19. The Hall–Kier alpha value is -4.03. The van der Waals surface area contributed by atoms with Crippen LogP contribution in [0, 0.1) is 18.8 Å². The Morgan fingerprint density at radius 2 is 1.70 bits per heavy atom. The number of aryl methyl sites for hydroxylation is 1. The molecule has 2 heterocycles. The molecule has 0 spiro atoms. The average Bonchev–Trinajstić information content (AvgIpc) is 3.37. The Labute approximate surface area is 212 Å². The first-order chi connectivity index (χ1) is 17.6. The zero-order valence-electron chi connectivity index (χ0n) is 20.2. The first-order valence-corrected chi connectivity index (χ1v) is 11.6. The molecular formula is C28H27F3N2O4. The molecule has 3 aromatic rings. The van der Waals surface area contributed by atoms with E-state index in [1.165, 1.54) is 11.1 Å². The van der Waals surface area contributed by atoms with Crippen molar-refractivity contribution in [2.24, 2.45) is 5.73 Å². The molecule has 0 radical (unpaired) electrons. The standard InChI is InChI=1S/C26H26N2O2.C2HF3O2/c1-19-5-7-20(8-6-19)9-10-24-11-12-25(30-24)26(29)28-15-13-22(14-16-28)23-4-2-3-21(17-23)18-27;3-2(4,5)1(6)7/h2-8,11-12,17,22H,13-16,18,27H2,1H3;(H,6,7). The number of likely N-dealkylation sites (tertiary alicyclic amines) is 1. The van der Waals surface area contributed by atoms with Crippen LogP contribution in [0.25, 0.3) is 0 Å². The number of carbonyl (C=O) groups is 2. The van der Waals surface area contributed by atoms with Crippen LogP contribution in [0.2, 0.25) is 0 Å². The fourth-order valence-electron chi connectivity index (χ4n) is 3.84. The fraction of sp³-hybridized carbons (Fsp3) is 0.286. The van der Waals surface area contributed by atoms with Crippen LogP contribution in [-0.2, 0) is 11.3 Å². The van der Waals surface area contributed by atoms with Crippen LogP contribution < -0.4 is 5.73 Å². The molecule has 0 saturated carbocycles. The van der Waals surface area contributed by atoms with Crippen LogP contribution >= 0.6 is 0 Å². The van der Waals surface area contributed by atoms with Crippen LogP contribution in [0.15, 0.2) is 65.1 Å². The van der Waals surface area contributed by atoms with Gasteiger partial charge in [-0.2, -0.15) is 13.2 Å². The zero-order valence-corrected chi connectivity index (χ0v) is 20.2. The molecular weight excluding hydrogens is 485 g/mol. The molecule has 0 bridgehead atoms. The SMILES string of the molecule is Cc1ccc(C#Cc2ccc(C(=O)N3CCC(c4cccc(CN)c4)CC3)o2)cc1.O=C(O)C(F)(F)F. The summed E-state index contributed by atoms with van der Waals surface area (Å²) < 4.78 is 37.4. The maximum absolute atomic E-state index is 12.8. The van der Waals surface area contributed by atoms with E-state index in [0.29, 0.717) is 24.0 Å². The van der Waals surface area contributed by atoms with Gasteiger partial charge in [-0.3, -0.25) is 4.79 Å². The van der Waals surface area contributed by atoms with Crippen LogP contribution in [0.5, 0.6) is 0 Å². The van der Waals surface area contributed by atoms with E-state index in [9.17, 15) is 18.0 Å². The number of hydrogen-bond acceptors (Lipinski definition) is 4. The predicted molar refractivity (Wildman–Crippen MR) is 132 cm³/mol. The maximum Gasteiger partial charge on any atom is 0.490 e. The van der Waals surface area contributed by atoms with E-state index in [0.717, 1.165) is 37.1 Å². The van der Waals surface area contributed by atoms with Gasteiger partial charge in [0, 0.05) is 25.2 Å². The van der Waals surface area contributed by atoms with Gasteiger partial charge in [-0.25, -0.2) is 4.79 Å². The number of carboxylic acids is 1. The highest BCUT2D eigenvalue weighted by molar-refractivity contribution is 5.91. The number of nitrogens with two attached hydrogens (primary N) is 1. The Balaban J connectivity index is 0.000000479. The number of amides is 1. The third kappa shape index (κ3) is 7.98. The molecule has 37 heavy (non-hydrogen) atoms. The van der Waals surface area contributed by atoms with Crippen molar-refractivity contribution in [3.05, 3.63) is 94.4 Å². The Kier molecular flexibility index (Phi) is 9.15. The number of hydrogen-bond donors (Lipinski definition) is 2. The van der Waals surface area contributed by atoms with Crippen molar-refractivity contribution >= 4 is 11.9 Å². The molecule has 0 aliphatic carbocycles. The van der Waals surface area contributed by atoms with Crippen LogP contribution in [0.4, 0.5) is 13.2 Å². The lowest BCUT2D eigenvalue weighted by molar-refractivity contribution is -0.192. The van der Waals surface area contributed by atoms with E-state index in [-0.39, 0.29) is 5.91 Å². The summed E-state index contributed by atoms with van der Waals surface area (Å²) in [6, 6.07) is 20.0. The van der Waals surface area contributed by atoms with E-state index >= 15 is 0 Å². The highest BCUT2D eigenvalue weighted by Gasteiger charge is 2.38. The Morgan fingerprint density at radius 1 is 1.05 bits per heavy atom. The molecule has 0 unspecified atom stereocenters. The van der Waals surface area contributed by atoms with E-state index < -0.39 is 12.1 Å². The van der Waals surface area contributed by atoms with Crippen molar-refractivity contribution in [3.63, 3.8) is 0 Å². The van der Waals surface area contributed by atoms with Crippen molar-refractivity contribution in [1.82, 2.24) is 4.90 Å². The van der Waals surface area contributed by atoms with E-state index in [2.05, 4.69) is 36.1 Å². The molecule has 1 saturated heterocycles. The average molecular weight is 513 g/mol. The number of benzene rings is 2. The van der Waals surface area contributed by atoms with Crippen LogP contribution in [0.3, 0.4) is 0 Å². The third-order valence-corrected chi connectivity index (χ3v) is 5.88. The summed E-state index contributed by atoms with van der Waals surface area (Å²) in [7, 11) is 0. The highest BCUT2D eigenvalue weighted by atomic mass is 19.4. The lowest BCUT2D eigenvalue weighted by Crippen LogP contribution is -2.37. The van der Waals surface area contributed by atoms with E-state index in [1.54, 1.807) is 12.1 Å². The van der Waals surface area contributed by atoms with Crippen molar-refractivity contribution < 1.29 is 32.3 Å². The summed E-state index contributed by atoms with van der Waals surface area (Å²) in [5.41, 5.74) is 10.4. The number of alkyl halides is 3. The van der Waals surface area contributed by atoms with Crippen molar-refractivity contribution in [2.75, 3.05) is 13.1 Å². The summed E-state index contributed by atoms with van der Waals surface area (Å²) >= 11 is 0. The third-order valence-electron chi connectivity index (χ3n) is 5.88. The van der Waals surface area contributed by atoms with E-state index in [4.69, 9.17) is 20.1 Å². The molecule has 1 amide bonds. The van der Waals surface area contributed by atoms with Gasteiger partial charge < -0.3 is 20.2 Å². The molecule has 1 fully saturated rings. The molecule has 2 aromatic carbocycles. The molecule has 1 aliphatic rings. The van der Waals surface area contributed by atoms with Gasteiger partial charge in [-0.05, 0) is 67.0 Å². The van der Waals surface area contributed by atoms with Gasteiger partial charge in [-0.15, -0.1) is 0 Å². The fourth-order valence-corrected chi connectivity index (χ4v) is 3.84. The first-order valence-electron chi connectivity index (χ1n) is 11.6. The van der Waals surface area contributed by atoms with Gasteiger partial charge in [0.1, 0.15) is 0 Å². The smallest absolute Gasteiger partial charge is 0.475 e. The van der Waals surface area contributed by atoms with Crippen molar-refractivity contribution in [3.8, 4) is 11.8 Å². The number of rotatable bonds is 3. The van der Waals surface area contributed by atoms with Crippen LogP contribution in [0.1, 0.15) is 57.3 Å². The number of carbonyl (C=O) groups excluding carboxylic acids is 1. The summed E-state index contributed by atoms with van der Waals surface area (Å²) in [4.78, 5) is 23.6. The minimum atomic E-state index is -5.08. The van der Waals surface area contributed by atoms with Crippen LogP contribution in [-0.4, -0.2) is 41.1 Å². The Bertz CT molecular complexity index is 1280. The number of piperidine rings is 1. The maximum atomic E-state index is 12.8. The number of carboxylic acid groups (broad SMARTS) is 1. The minimum Gasteiger partial charge on any atom is -0.475 e. The predicted octanol–water partition coefficient (Wildman–Crippen LogP) is 5.10. The second kappa shape index (κ2) is 12.3. The monoisotopic (exact) mass is 512 g/mol. The summed E-state index contributed by atoms with van der Waals surface area (Å²) in [5.74, 6) is 4.58. The first kappa shape index (κ1) is 27.6. The Morgan fingerprint density at radius 3 is 2.30 bits per heavy atom. The summed E-state index contributed by atoms with van der Waals surface area (Å²) in [5, 5.41) is 7.12. The second-order valence-electron chi connectivity index (χ2n) is 8.60. The molecule has 3 N–H and O–H groups in total. The topological polar surface area (TPSA) is 96.8 Å². The number of nitrogens with zero attached hydrogens (tertiary/aromatic N) is 1. The molecule has 1 aromatic heterocycles. The van der Waals surface area contributed by atoms with Crippen molar-refractivity contribution in [1.29, 1.82) is 0 Å². The largest absolute Gasteiger partial charge is 0.490 e. The minimum absolute atomic E-state index is 0.0625.